The number of hydrogen-bond acceptors (Lipinski definition) is 4. The Morgan fingerprint density at radius 3 is 2.62 bits per heavy atom. The van der Waals surface area contributed by atoms with E-state index < -0.39 is 10.0 Å². The van der Waals surface area contributed by atoms with Gasteiger partial charge in [0.25, 0.3) is 0 Å². The van der Waals surface area contributed by atoms with Crippen molar-refractivity contribution in [3.63, 3.8) is 0 Å². The molecule has 0 fully saturated rings. The zero-order valence-corrected chi connectivity index (χ0v) is 15.8. The van der Waals surface area contributed by atoms with Crippen LogP contribution in [0.4, 0.5) is 0 Å². The molecule has 140 valence electrons. The van der Waals surface area contributed by atoms with Gasteiger partial charge in [0.05, 0.1) is 17.5 Å². The Kier molecular flexibility index (Phi) is 6.76. The van der Waals surface area contributed by atoms with E-state index in [1.165, 1.54) is 12.1 Å². The Balaban J connectivity index is 1.81. The first-order valence-electron chi connectivity index (χ1n) is 8.38. The minimum absolute atomic E-state index is 0.0303. The average molecular weight is 376 g/mol. The van der Waals surface area contributed by atoms with Crippen molar-refractivity contribution in [2.75, 3.05) is 6.61 Å². The Morgan fingerprint density at radius 1 is 1.19 bits per heavy atom. The fraction of sp³-hybridized carbons (Fsp3) is 0.316. The summed E-state index contributed by atoms with van der Waals surface area (Å²) in [4.78, 5) is 12.1. The van der Waals surface area contributed by atoms with Crippen LogP contribution in [0.15, 0.2) is 53.4 Å². The summed E-state index contributed by atoms with van der Waals surface area (Å²) < 4.78 is 28.5. The van der Waals surface area contributed by atoms with Crippen molar-refractivity contribution >= 4 is 15.9 Å². The van der Waals surface area contributed by atoms with Gasteiger partial charge in [0, 0.05) is 6.42 Å². The molecule has 26 heavy (non-hydrogen) atoms. The topological polar surface area (TPSA) is 98.5 Å². The van der Waals surface area contributed by atoms with E-state index in [1.54, 1.807) is 19.1 Å². The van der Waals surface area contributed by atoms with Gasteiger partial charge in [-0.05, 0) is 49.6 Å². The van der Waals surface area contributed by atoms with Crippen LogP contribution in [0.1, 0.15) is 36.9 Å². The smallest absolute Gasteiger partial charge is 0.238 e. The van der Waals surface area contributed by atoms with Gasteiger partial charge in [-0.25, -0.2) is 13.6 Å². The van der Waals surface area contributed by atoms with E-state index in [1.807, 2.05) is 31.2 Å². The summed E-state index contributed by atoms with van der Waals surface area (Å²) in [6, 6.07) is 13.7. The van der Waals surface area contributed by atoms with Gasteiger partial charge in [-0.3, -0.25) is 4.79 Å². The van der Waals surface area contributed by atoms with Crippen LogP contribution in [-0.2, 0) is 14.8 Å². The van der Waals surface area contributed by atoms with Crippen LogP contribution >= 0.6 is 0 Å². The number of amides is 1. The number of primary sulfonamides is 1. The number of carbonyl (C=O) groups is 1. The predicted molar refractivity (Wildman–Crippen MR) is 100 cm³/mol. The van der Waals surface area contributed by atoms with Crippen LogP contribution in [-0.4, -0.2) is 20.9 Å². The molecule has 2 aromatic carbocycles. The van der Waals surface area contributed by atoms with Crippen LogP contribution in [0, 0.1) is 6.92 Å². The van der Waals surface area contributed by atoms with Crippen LogP contribution in [0.25, 0.3) is 0 Å². The van der Waals surface area contributed by atoms with Crippen LogP contribution in [0.5, 0.6) is 5.75 Å². The number of carbonyl (C=O) groups excluding carboxylic acids is 1. The summed E-state index contributed by atoms with van der Waals surface area (Å²) in [7, 11) is -3.76. The molecule has 2 rings (SSSR count). The second-order valence-electron chi connectivity index (χ2n) is 6.12. The second kappa shape index (κ2) is 8.82. The van der Waals surface area contributed by atoms with Crippen molar-refractivity contribution < 1.29 is 17.9 Å². The number of nitrogens with one attached hydrogen (secondary N) is 1. The molecule has 1 unspecified atom stereocenters. The van der Waals surface area contributed by atoms with Crippen LogP contribution in [0.2, 0.25) is 0 Å². The lowest BCUT2D eigenvalue weighted by atomic mass is 10.1. The van der Waals surface area contributed by atoms with Crippen molar-refractivity contribution in [3.05, 3.63) is 59.7 Å². The number of hydrogen-bond donors (Lipinski definition) is 2. The first kappa shape index (κ1) is 19.9. The second-order valence-corrected chi connectivity index (χ2v) is 7.69. The quantitative estimate of drug-likeness (QED) is 0.692. The Hall–Kier alpha value is -2.38. The summed E-state index contributed by atoms with van der Waals surface area (Å²) in [5.41, 5.74) is 1.74. The molecule has 1 atom stereocenters. The zero-order valence-electron chi connectivity index (χ0n) is 14.9. The highest BCUT2D eigenvalue weighted by Gasteiger charge is 2.13. The molecule has 0 saturated carbocycles. The highest BCUT2D eigenvalue weighted by atomic mass is 32.2. The van der Waals surface area contributed by atoms with Crippen LogP contribution in [0.3, 0.4) is 0 Å². The summed E-state index contributed by atoms with van der Waals surface area (Å²) >= 11 is 0. The Labute approximate surface area is 154 Å². The minimum Gasteiger partial charge on any atom is -0.493 e. The summed E-state index contributed by atoms with van der Waals surface area (Å²) in [6.07, 6.45) is 0.912. The molecule has 0 aromatic heterocycles. The maximum absolute atomic E-state index is 12.1. The third-order valence-electron chi connectivity index (χ3n) is 3.96. The highest BCUT2D eigenvalue weighted by molar-refractivity contribution is 7.89. The van der Waals surface area contributed by atoms with Gasteiger partial charge in [-0.15, -0.1) is 0 Å². The molecule has 6 nitrogen and oxygen atoms in total. The van der Waals surface area contributed by atoms with E-state index in [9.17, 15) is 13.2 Å². The molecule has 3 N–H and O–H groups in total. The lowest BCUT2D eigenvalue weighted by Gasteiger charge is -2.15. The highest BCUT2D eigenvalue weighted by Crippen LogP contribution is 2.18. The maximum atomic E-state index is 12.1. The van der Waals surface area contributed by atoms with Gasteiger partial charge in [-0.2, -0.15) is 0 Å². The first-order valence-corrected chi connectivity index (χ1v) is 9.92. The molecular formula is C19H24N2O4S. The van der Waals surface area contributed by atoms with Gasteiger partial charge in [0.2, 0.25) is 15.9 Å². The van der Waals surface area contributed by atoms with Gasteiger partial charge < -0.3 is 10.1 Å². The lowest BCUT2D eigenvalue weighted by molar-refractivity contribution is -0.121. The van der Waals surface area contributed by atoms with Crippen LogP contribution < -0.4 is 15.2 Å². The van der Waals surface area contributed by atoms with Crippen molar-refractivity contribution in [1.29, 1.82) is 0 Å². The first-order chi connectivity index (χ1) is 12.3. The molecule has 0 heterocycles. The van der Waals surface area contributed by atoms with E-state index in [4.69, 9.17) is 9.88 Å². The Morgan fingerprint density at radius 2 is 1.92 bits per heavy atom. The van der Waals surface area contributed by atoms with E-state index in [2.05, 4.69) is 5.32 Å². The third-order valence-corrected chi connectivity index (χ3v) is 4.87. The molecular weight excluding hydrogens is 352 g/mol. The fourth-order valence-electron chi connectivity index (χ4n) is 2.49. The van der Waals surface area contributed by atoms with Gasteiger partial charge in [-0.1, -0.05) is 30.3 Å². The predicted octanol–water partition coefficient (Wildman–Crippen LogP) is 2.68. The van der Waals surface area contributed by atoms with E-state index in [-0.39, 0.29) is 16.8 Å². The molecule has 0 saturated heterocycles. The number of aryl methyl sites for hydroxylation is 1. The van der Waals surface area contributed by atoms with E-state index in [0.717, 1.165) is 11.3 Å². The van der Waals surface area contributed by atoms with Gasteiger partial charge in [0.1, 0.15) is 5.75 Å². The maximum Gasteiger partial charge on any atom is 0.238 e. The van der Waals surface area contributed by atoms with Gasteiger partial charge in [0.15, 0.2) is 0 Å². The lowest BCUT2D eigenvalue weighted by Crippen LogP contribution is -2.27. The van der Waals surface area contributed by atoms with Crippen molar-refractivity contribution in [2.24, 2.45) is 5.14 Å². The molecule has 1 amide bonds. The number of rotatable bonds is 8. The standard InChI is InChI=1S/C19H24N2O4S/c1-14-7-3-4-10-18(14)25-12-6-11-19(22)21-15(2)16-8-5-9-17(13-16)26(20,23)24/h3-5,7-10,13,15H,6,11-12H2,1-2H3,(H,21,22)(H2,20,23,24). The largest absolute Gasteiger partial charge is 0.493 e. The van der Waals surface area contributed by atoms with Gasteiger partial charge >= 0.3 is 0 Å². The summed E-state index contributed by atoms with van der Waals surface area (Å²) in [5, 5.41) is 7.99. The molecule has 0 bridgehead atoms. The molecule has 0 aliphatic rings. The number of nitrogens with two attached hydrogens (primary N) is 1. The average Bonchev–Trinajstić information content (AvgIpc) is 2.59. The molecule has 0 radical (unpaired) electrons. The van der Waals surface area contributed by atoms with Crippen molar-refractivity contribution in [2.45, 2.75) is 37.6 Å². The number of sulfonamides is 1. The number of para-hydroxylation sites is 1. The third kappa shape index (κ3) is 5.86. The monoisotopic (exact) mass is 376 g/mol. The van der Waals surface area contributed by atoms with E-state index >= 15 is 0 Å². The SMILES string of the molecule is Cc1ccccc1OCCCC(=O)NC(C)c1cccc(S(N)(=O)=O)c1. The molecule has 2 aromatic rings. The van der Waals surface area contributed by atoms with Crippen molar-refractivity contribution in [1.82, 2.24) is 5.32 Å². The minimum atomic E-state index is -3.76. The Bertz CT molecular complexity index is 865. The molecule has 0 spiro atoms. The fourth-order valence-corrected chi connectivity index (χ4v) is 3.06. The number of benzene rings is 2. The molecule has 0 aliphatic heterocycles. The zero-order chi connectivity index (χ0) is 19.2. The van der Waals surface area contributed by atoms with E-state index in [0.29, 0.717) is 25.0 Å². The summed E-state index contributed by atoms with van der Waals surface area (Å²) in [5.74, 6) is 0.702. The molecule has 7 heteroatoms. The summed E-state index contributed by atoms with van der Waals surface area (Å²) in [6.45, 7) is 4.22. The molecule has 0 aliphatic carbocycles. The van der Waals surface area contributed by atoms with Crippen molar-refractivity contribution in [3.8, 4) is 5.75 Å². The number of ether oxygens (including phenoxy) is 1. The normalized spacial score (nSPS) is 12.4.